The molecule has 35 heavy (non-hydrogen) atoms. The maximum atomic E-state index is 13.0. The van der Waals surface area contributed by atoms with E-state index in [2.05, 4.69) is 30.9 Å². The number of hydrogen-bond acceptors (Lipinski definition) is 9. The zero-order chi connectivity index (χ0) is 24.4. The third-order valence-corrected chi connectivity index (χ3v) is 6.32. The van der Waals surface area contributed by atoms with Crippen molar-refractivity contribution in [2.24, 2.45) is 5.92 Å². The van der Waals surface area contributed by atoms with Gasteiger partial charge in [-0.15, -0.1) is 0 Å². The van der Waals surface area contributed by atoms with Crippen molar-refractivity contribution in [2.75, 3.05) is 24.4 Å². The summed E-state index contributed by atoms with van der Waals surface area (Å²) < 4.78 is 10.5. The predicted octanol–water partition coefficient (Wildman–Crippen LogP) is 1.62. The topological polar surface area (TPSA) is 148 Å². The molecule has 182 valence electrons. The van der Waals surface area contributed by atoms with Crippen LogP contribution in [-0.4, -0.2) is 57.7 Å². The summed E-state index contributed by atoms with van der Waals surface area (Å²) in [6.45, 7) is 0.398. The number of rotatable bonds is 6. The second-order valence-electron chi connectivity index (χ2n) is 8.64. The first kappa shape index (κ1) is 22.9. The number of ether oxygens (including phenoxy) is 2. The molecule has 2 amide bonds. The van der Waals surface area contributed by atoms with E-state index in [1.807, 2.05) is 0 Å². The lowest BCUT2D eigenvalue weighted by Crippen LogP contribution is -2.46. The number of aliphatic hydroxyl groups is 1. The number of aliphatic hydroxyl groups excluding tert-OH is 1. The second kappa shape index (κ2) is 9.80. The first-order valence-corrected chi connectivity index (χ1v) is 11.4. The minimum Gasteiger partial charge on any atom is -0.481 e. The lowest BCUT2D eigenvalue weighted by atomic mass is 9.83. The Morgan fingerprint density at radius 2 is 2.17 bits per heavy atom. The summed E-state index contributed by atoms with van der Waals surface area (Å²) in [4.78, 5) is 37.5. The minimum atomic E-state index is -0.687. The number of hydrogen-bond donors (Lipinski definition) is 4. The molecule has 5 rings (SSSR count). The largest absolute Gasteiger partial charge is 0.481 e. The van der Waals surface area contributed by atoms with E-state index in [9.17, 15) is 14.7 Å². The van der Waals surface area contributed by atoms with Crippen LogP contribution < -0.4 is 25.4 Å². The minimum absolute atomic E-state index is 0.0165. The Morgan fingerprint density at radius 1 is 1.29 bits per heavy atom. The maximum absolute atomic E-state index is 13.0. The second-order valence-corrected chi connectivity index (χ2v) is 8.64. The number of carbonyl (C=O) groups is 2. The Bertz CT molecular complexity index is 1270. The van der Waals surface area contributed by atoms with Crippen molar-refractivity contribution in [2.45, 2.75) is 38.0 Å². The first-order valence-electron chi connectivity index (χ1n) is 11.4. The molecule has 4 heterocycles. The SMILES string of the molecule is COc1ccc2nccc(NC(=O)[C@@H]3CC[C@@H](NCc4cc5c(cn4)OCC(=O)N5)[C@H](O)C3)c2n1. The van der Waals surface area contributed by atoms with Gasteiger partial charge in [0.25, 0.3) is 5.91 Å². The van der Waals surface area contributed by atoms with Gasteiger partial charge in [-0.1, -0.05) is 0 Å². The number of nitrogens with zero attached hydrogens (tertiary/aromatic N) is 3. The predicted molar refractivity (Wildman–Crippen MR) is 127 cm³/mol. The zero-order valence-electron chi connectivity index (χ0n) is 19.2. The van der Waals surface area contributed by atoms with E-state index in [1.54, 1.807) is 36.7 Å². The fourth-order valence-electron chi connectivity index (χ4n) is 4.44. The fraction of sp³-hybridized carbons (Fsp3) is 0.375. The van der Waals surface area contributed by atoms with E-state index in [-0.39, 0.29) is 30.4 Å². The molecule has 3 aromatic rings. The quantitative estimate of drug-likeness (QED) is 0.415. The standard InChI is InChI=1S/C24H26N6O5/c1-34-22-5-4-16-23(30-22)17(6-7-25-16)29-24(33)13-2-3-15(19(31)8-13)27-10-14-9-18-20(11-26-14)35-12-21(32)28-18/h4-7,9,11,13,15,19,27,31H,2-3,8,10,12H2,1H3,(H,28,32)(H,25,29,33)/t13-,15-,19-/m1/s1. The van der Waals surface area contributed by atoms with Crippen LogP contribution in [0.25, 0.3) is 11.0 Å². The average Bonchev–Trinajstić information content (AvgIpc) is 2.87. The van der Waals surface area contributed by atoms with Crippen LogP contribution in [0.4, 0.5) is 11.4 Å². The number of pyridine rings is 3. The lowest BCUT2D eigenvalue weighted by Gasteiger charge is -2.33. The summed E-state index contributed by atoms with van der Waals surface area (Å²) in [6.07, 6.45) is 4.11. The van der Waals surface area contributed by atoms with Crippen LogP contribution in [-0.2, 0) is 16.1 Å². The van der Waals surface area contributed by atoms with Gasteiger partial charge in [-0.05, 0) is 37.5 Å². The molecule has 1 fully saturated rings. The fourth-order valence-corrected chi connectivity index (χ4v) is 4.44. The molecule has 1 aliphatic heterocycles. The molecule has 2 aliphatic rings. The Hall–Kier alpha value is -3.83. The molecule has 1 aliphatic carbocycles. The van der Waals surface area contributed by atoms with Crippen LogP contribution in [0.2, 0.25) is 0 Å². The highest BCUT2D eigenvalue weighted by atomic mass is 16.5. The Balaban J connectivity index is 1.18. The molecule has 11 nitrogen and oxygen atoms in total. The third-order valence-electron chi connectivity index (χ3n) is 6.32. The number of amides is 2. The van der Waals surface area contributed by atoms with E-state index in [0.717, 1.165) is 0 Å². The van der Waals surface area contributed by atoms with Gasteiger partial charge in [0.05, 0.1) is 42.0 Å². The van der Waals surface area contributed by atoms with Gasteiger partial charge in [0, 0.05) is 30.8 Å². The molecule has 3 atom stereocenters. The van der Waals surface area contributed by atoms with Crippen molar-refractivity contribution >= 4 is 34.2 Å². The summed E-state index contributed by atoms with van der Waals surface area (Å²) in [5.74, 6) is 0.281. The van der Waals surface area contributed by atoms with Gasteiger partial charge in [0.2, 0.25) is 11.8 Å². The number of nitrogens with one attached hydrogen (secondary N) is 3. The number of fused-ring (bicyclic) bond motifs is 2. The number of aromatic nitrogens is 3. The number of anilines is 2. The van der Waals surface area contributed by atoms with Gasteiger partial charge >= 0.3 is 0 Å². The molecule has 4 N–H and O–H groups in total. The van der Waals surface area contributed by atoms with Crippen LogP contribution >= 0.6 is 0 Å². The van der Waals surface area contributed by atoms with Crippen LogP contribution in [0, 0.1) is 5.92 Å². The number of methoxy groups -OCH3 is 1. The van der Waals surface area contributed by atoms with E-state index < -0.39 is 6.10 Å². The molecule has 11 heteroatoms. The van der Waals surface area contributed by atoms with Crippen molar-refractivity contribution in [1.29, 1.82) is 0 Å². The highest BCUT2D eigenvalue weighted by Crippen LogP contribution is 2.29. The highest BCUT2D eigenvalue weighted by Gasteiger charge is 2.33. The molecule has 0 aromatic carbocycles. The lowest BCUT2D eigenvalue weighted by molar-refractivity contribution is -0.122. The van der Waals surface area contributed by atoms with Crippen LogP contribution in [0.15, 0.2) is 36.7 Å². The van der Waals surface area contributed by atoms with E-state index in [1.165, 1.54) is 7.11 Å². The Kier molecular flexibility index (Phi) is 6.43. The Morgan fingerprint density at radius 3 is 3.00 bits per heavy atom. The maximum Gasteiger partial charge on any atom is 0.262 e. The summed E-state index contributed by atoms with van der Waals surface area (Å²) in [5, 5.41) is 19.8. The Labute approximate surface area is 201 Å². The number of carbonyl (C=O) groups excluding carboxylic acids is 2. The van der Waals surface area contributed by atoms with Crippen molar-refractivity contribution < 1.29 is 24.2 Å². The van der Waals surface area contributed by atoms with Crippen LogP contribution in [0.5, 0.6) is 11.6 Å². The highest BCUT2D eigenvalue weighted by molar-refractivity contribution is 6.00. The monoisotopic (exact) mass is 478 g/mol. The molecular formula is C24H26N6O5. The normalized spacial score (nSPS) is 21.5. The van der Waals surface area contributed by atoms with Crippen molar-refractivity contribution in [1.82, 2.24) is 20.3 Å². The zero-order valence-corrected chi connectivity index (χ0v) is 19.2. The molecule has 0 saturated heterocycles. The first-order chi connectivity index (χ1) is 17.0. The van der Waals surface area contributed by atoms with Gasteiger partial charge in [-0.25, -0.2) is 4.98 Å². The van der Waals surface area contributed by atoms with Crippen molar-refractivity contribution in [3.63, 3.8) is 0 Å². The van der Waals surface area contributed by atoms with Gasteiger partial charge < -0.3 is 30.5 Å². The van der Waals surface area contributed by atoms with Crippen LogP contribution in [0.3, 0.4) is 0 Å². The average molecular weight is 479 g/mol. The van der Waals surface area contributed by atoms with E-state index in [0.29, 0.717) is 65.5 Å². The summed E-state index contributed by atoms with van der Waals surface area (Å²) in [5.41, 5.74) is 3.07. The molecule has 0 bridgehead atoms. The van der Waals surface area contributed by atoms with Gasteiger partial charge in [0.1, 0.15) is 5.52 Å². The summed E-state index contributed by atoms with van der Waals surface area (Å²) in [6, 6.07) is 6.79. The van der Waals surface area contributed by atoms with Crippen LogP contribution in [0.1, 0.15) is 25.0 Å². The summed E-state index contributed by atoms with van der Waals surface area (Å²) in [7, 11) is 1.53. The van der Waals surface area contributed by atoms with E-state index >= 15 is 0 Å². The molecule has 3 aromatic heterocycles. The van der Waals surface area contributed by atoms with Gasteiger partial charge in [-0.3, -0.25) is 19.6 Å². The smallest absolute Gasteiger partial charge is 0.262 e. The van der Waals surface area contributed by atoms with Gasteiger partial charge in [0.15, 0.2) is 12.4 Å². The van der Waals surface area contributed by atoms with Crippen molar-refractivity contribution in [3.8, 4) is 11.6 Å². The molecular weight excluding hydrogens is 452 g/mol. The van der Waals surface area contributed by atoms with E-state index in [4.69, 9.17) is 9.47 Å². The molecule has 0 unspecified atom stereocenters. The summed E-state index contributed by atoms with van der Waals surface area (Å²) >= 11 is 0. The molecule has 0 spiro atoms. The van der Waals surface area contributed by atoms with Crippen molar-refractivity contribution in [3.05, 3.63) is 42.4 Å². The van der Waals surface area contributed by atoms with Gasteiger partial charge in [-0.2, -0.15) is 0 Å². The molecule has 1 saturated carbocycles. The molecule has 0 radical (unpaired) electrons. The third kappa shape index (κ3) is 5.00.